The summed E-state index contributed by atoms with van der Waals surface area (Å²) in [5.74, 6) is 1.59. The number of carbonyl (C=O) groups is 2. The van der Waals surface area contributed by atoms with Crippen molar-refractivity contribution in [1.82, 2.24) is 5.32 Å². The molecule has 0 unspecified atom stereocenters. The zero-order valence-corrected chi connectivity index (χ0v) is 23.9. The summed E-state index contributed by atoms with van der Waals surface area (Å²) in [6, 6.07) is 20.5. The van der Waals surface area contributed by atoms with E-state index in [9.17, 15) is 9.59 Å². The Balaban J connectivity index is 1.55. The van der Waals surface area contributed by atoms with E-state index in [2.05, 4.69) is 10.6 Å². The van der Waals surface area contributed by atoms with Crippen LogP contribution in [0, 0.1) is 0 Å². The Labute approximate surface area is 240 Å². The van der Waals surface area contributed by atoms with Gasteiger partial charge in [-0.05, 0) is 66.8 Å². The van der Waals surface area contributed by atoms with Gasteiger partial charge in [0.05, 0.1) is 34.1 Å². The molecular formula is C33H34N2O6. The predicted octanol–water partition coefficient (Wildman–Crippen LogP) is 5.72. The Morgan fingerprint density at radius 3 is 2.17 bits per heavy atom. The third-order valence-electron chi connectivity index (χ3n) is 7.76. The second-order valence-electron chi connectivity index (χ2n) is 10.1. The average molecular weight is 555 g/mol. The lowest BCUT2D eigenvalue weighted by Gasteiger charge is -2.37. The first kappa shape index (κ1) is 27.8. The van der Waals surface area contributed by atoms with Crippen LogP contribution < -0.4 is 29.6 Å². The number of nitrogens with one attached hydrogen (secondary N) is 2. The zero-order chi connectivity index (χ0) is 29.1. The van der Waals surface area contributed by atoms with Crippen molar-refractivity contribution >= 4 is 17.4 Å². The van der Waals surface area contributed by atoms with Crippen LogP contribution in [0.15, 0.2) is 89.3 Å². The van der Waals surface area contributed by atoms with Gasteiger partial charge in [0.1, 0.15) is 11.5 Å². The minimum Gasteiger partial charge on any atom is -0.497 e. The summed E-state index contributed by atoms with van der Waals surface area (Å²) in [6.07, 6.45) is 0.922. The van der Waals surface area contributed by atoms with Gasteiger partial charge in [0, 0.05) is 34.9 Å². The lowest BCUT2D eigenvalue weighted by atomic mass is 9.71. The van der Waals surface area contributed by atoms with Crippen LogP contribution in [0.3, 0.4) is 0 Å². The van der Waals surface area contributed by atoms with Crippen molar-refractivity contribution in [3.63, 3.8) is 0 Å². The molecule has 0 bridgehead atoms. The highest BCUT2D eigenvalue weighted by molar-refractivity contribution is 6.10. The topological polar surface area (TPSA) is 95.1 Å². The predicted molar refractivity (Wildman–Crippen MR) is 157 cm³/mol. The molecule has 8 nitrogen and oxygen atoms in total. The summed E-state index contributed by atoms with van der Waals surface area (Å²) in [5.41, 5.74) is 5.00. The Morgan fingerprint density at radius 2 is 1.49 bits per heavy atom. The normalized spacial score (nSPS) is 18.3. The van der Waals surface area contributed by atoms with Crippen LogP contribution in [0.25, 0.3) is 0 Å². The number of dihydropyridines is 1. The number of methoxy groups -OCH3 is 4. The van der Waals surface area contributed by atoms with E-state index in [1.54, 1.807) is 40.6 Å². The van der Waals surface area contributed by atoms with Crippen molar-refractivity contribution in [1.29, 1.82) is 0 Å². The van der Waals surface area contributed by atoms with E-state index in [-0.39, 0.29) is 17.6 Å². The Hall–Kier alpha value is -4.72. The van der Waals surface area contributed by atoms with Crippen LogP contribution in [-0.4, -0.2) is 40.1 Å². The molecule has 3 aromatic carbocycles. The molecule has 5 rings (SSSR count). The molecule has 2 aliphatic rings. The van der Waals surface area contributed by atoms with E-state index in [1.165, 1.54) is 0 Å². The van der Waals surface area contributed by atoms with Crippen LogP contribution >= 0.6 is 0 Å². The lowest BCUT2D eigenvalue weighted by molar-refractivity contribution is -0.116. The lowest BCUT2D eigenvalue weighted by Crippen LogP contribution is -2.37. The van der Waals surface area contributed by atoms with Gasteiger partial charge in [0.2, 0.25) is 0 Å². The number of allylic oxidation sites excluding steroid dienone is 3. The molecule has 0 fully saturated rings. The molecule has 1 aliphatic heterocycles. The molecule has 1 amide bonds. The van der Waals surface area contributed by atoms with Gasteiger partial charge >= 0.3 is 0 Å². The van der Waals surface area contributed by atoms with Gasteiger partial charge in [-0.15, -0.1) is 0 Å². The maximum atomic E-state index is 14.0. The minimum absolute atomic E-state index is 0.00514. The smallest absolute Gasteiger partial charge is 0.254 e. The number of Topliss-reactive ketones (excluding diaryl/α,β-unsaturated/α-hetero) is 1. The Morgan fingerprint density at radius 1 is 0.805 bits per heavy atom. The highest BCUT2D eigenvalue weighted by atomic mass is 16.5. The van der Waals surface area contributed by atoms with E-state index in [0.717, 1.165) is 16.8 Å². The third-order valence-corrected chi connectivity index (χ3v) is 7.76. The van der Waals surface area contributed by atoms with E-state index in [0.29, 0.717) is 58.4 Å². The van der Waals surface area contributed by atoms with Crippen molar-refractivity contribution in [2.24, 2.45) is 0 Å². The first-order valence-electron chi connectivity index (χ1n) is 13.4. The summed E-state index contributed by atoms with van der Waals surface area (Å²) in [5, 5.41) is 6.44. The molecule has 1 aliphatic carbocycles. The maximum absolute atomic E-state index is 14.0. The minimum atomic E-state index is -0.550. The van der Waals surface area contributed by atoms with Crippen LogP contribution in [0.1, 0.15) is 42.7 Å². The SMILES string of the molecule is COc1ccc([C@H]2C(C(=O)Nc3ccccc3OC)=C(C)NC3=C2C(=O)C[C@H](c2ccc(OC)c(OC)c2)C3)cc1. The summed E-state index contributed by atoms with van der Waals surface area (Å²) < 4.78 is 21.7. The van der Waals surface area contributed by atoms with Gasteiger partial charge in [0.15, 0.2) is 17.3 Å². The molecule has 212 valence electrons. The molecule has 0 aromatic heterocycles. The van der Waals surface area contributed by atoms with Crippen LogP contribution in [-0.2, 0) is 9.59 Å². The maximum Gasteiger partial charge on any atom is 0.254 e. The number of amides is 1. The van der Waals surface area contributed by atoms with Crippen molar-refractivity contribution in [3.05, 3.63) is 100 Å². The number of anilines is 1. The number of rotatable bonds is 8. The fourth-order valence-electron chi connectivity index (χ4n) is 5.75. The number of ketones is 1. The van der Waals surface area contributed by atoms with Crippen molar-refractivity contribution in [2.45, 2.75) is 31.6 Å². The molecule has 0 spiro atoms. The molecule has 1 heterocycles. The largest absolute Gasteiger partial charge is 0.497 e. The standard InChI is InChI=1S/C33H34N2O6/c1-19-30(33(37)35-24-8-6-7-9-27(24)39-3)31(20-10-13-23(38-2)14-11-20)32-25(34-19)16-22(17-26(32)36)21-12-15-28(40-4)29(18-21)41-5/h6-15,18,22,31,34H,16-17H2,1-5H3,(H,35,37)/t22-,31+/m1/s1. The van der Waals surface area contributed by atoms with Crippen molar-refractivity contribution < 1.29 is 28.5 Å². The first-order valence-corrected chi connectivity index (χ1v) is 13.4. The summed E-state index contributed by atoms with van der Waals surface area (Å²) in [4.78, 5) is 27.9. The highest BCUT2D eigenvalue weighted by Crippen LogP contribution is 2.46. The monoisotopic (exact) mass is 554 g/mol. The van der Waals surface area contributed by atoms with E-state index in [4.69, 9.17) is 18.9 Å². The molecule has 0 saturated carbocycles. The van der Waals surface area contributed by atoms with E-state index >= 15 is 0 Å². The van der Waals surface area contributed by atoms with Gasteiger partial charge < -0.3 is 29.6 Å². The zero-order valence-electron chi connectivity index (χ0n) is 23.9. The molecular weight excluding hydrogens is 520 g/mol. The Kier molecular flexibility index (Phi) is 8.01. The second kappa shape index (κ2) is 11.8. The number of hydrogen-bond donors (Lipinski definition) is 2. The second-order valence-corrected chi connectivity index (χ2v) is 10.1. The number of hydrogen-bond acceptors (Lipinski definition) is 7. The molecule has 2 atom stereocenters. The van der Waals surface area contributed by atoms with Gasteiger partial charge in [-0.1, -0.05) is 30.3 Å². The molecule has 0 radical (unpaired) electrons. The fraction of sp³-hybridized carbons (Fsp3) is 0.273. The first-order chi connectivity index (χ1) is 19.9. The quantitative estimate of drug-likeness (QED) is 0.368. The van der Waals surface area contributed by atoms with Gasteiger partial charge in [-0.2, -0.15) is 0 Å². The van der Waals surface area contributed by atoms with Crippen molar-refractivity contribution in [2.75, 3.05) is 33.8 Å². The summed E-state index contributed by atoms with van der Waals surface area (Å²) >= 11 is 0. The molecule has 41 heavy (non-hydrogen) atoms. The van der Waals surface area contributed by atoms with Crippen LogP contribution in [0.4, 0.5) is 5.69 Å². The van der Waals surface area contributed by atoms with Gasteiger partial charge in [-0.25, -0.2) is 0 Å². The molecule has 0 saturated heterocycles. The number of benzene rings is 3. The number of ether oxygens (including phenoxy) is 4. The van der Waals surface area contributed by atoms with Gasteiger partial charge in [0.25, 0.3) is 5.91 Å². The van der Waals surface area contributed by atoms with Crippen LogP contribution in [0.2, 0.25) is 0 Å². The summed E-state index contributed by atoms with van der Waals surface area (Å²) in [6.45, 7) is 1.88. The number of para-hydroxylation sites is 2. The highest BCUT2D eigenvalue weighted by Gasteiger charge is 2.41. The third kappa shape index (κ3) is 5.37. The van der Waals surface area contributed by atoms with Crippen LogP contribution in [0.5, 0.6) is 23.0 Å². The molecule has 3 aromatic rings. The van der Waals surface area contributed by atoms with Gasteiger partial charge in [-0.3, -0.25) is 9.59 Å². The fourth-order valence-corrected chi connectivity index (χ4v) is 5.75. The van der Waals surface area contributed by atoms with E-state index < -0.39 is 5.92 Å². The number of carbonyl (C=O) groups excluding carboxylic acids is 2. The Bertz CT molecular complexity index is 1540. The molecule has 8 heteroatoms. The molecule has 2 N–H and O–H groups in total. The van der Waals surface area contributed by atoms with Crippen molar-refractivity contribution in [3.8, 4) is 23.0 Å². The van der Waals surface area contributed by atoms with E-state index in [1.807, 2.05) is 61.5 Å². The summed E-state index contributed by atoms with van der Waals surface area (Å²) in [7, 11) is 6.36. The average Bonchev–Trinajstić information content (AvgIpc) is 3.00.